The summed E-state index contributed by atoms with van der Waals surface area (Å²) in [7, 11) is -3.93. The van der Waals surface area contributed by atoms with Crippen molar-refractivity contribution in [1.82, 2.24) is 0 Å². The van der Waals surface area contributed by atoms with E-state index in [0.717, 1.165) is 5.56 Å². The van der Waals surface area contributed by atoms with Crippen molar-refractivity contribution in [3.8, 4) is 0 Å². The highest BCUT2D eigenvalue weighted by molar-refractivity contribution is 7.92. The van der Waals surface area contributed by atoms with Gasteiger partial charge in [-0.3, -0.25) is 9.10 Å². The Labute approximate surface area is 164 Å². The normalized spacial score (nSPS) is 16.8. The Morgan fingerprint density at radius 2 is 1.46 bits per heavy atom. The highest BCUT2D eigenvalue weighted by Crippen LogP contribution is 2.44. The van der Waals surface area contributed by atoms with Crippen LogP contribution in [0, 0.1) is 6.92 Å². The topological polar surface area (TPSA) is 54.5 Å². The Kier molecular flexibility index (Phi) is 4.40. The van der Waals surface area contributed by atoms with Crippen molar-refractivity contribution in [3.05, 3.63) is 108 Å². The van der Waals surface area contributed by atoms with Crippen molar-refractivity contribution in [2.24, 2.45) is 0 Å². The van der Waals surface area contributed by atoms with Crippen molar-refractivity contribution in [3.63, 3.8) is 0 Å². The van der Waals surface area contributed by atoms with Gasteiger partial charge in [0.05, 0.1) is 16.6 Å². The first-order valence-electron chi connectivity index (χ1n) is 8.90. The minimum absolute atomic E-state index is 0.177. The number of hydrogen-bond donors (Lipinski definition) is 0. The first-order chi connectivity index (χ1) is 13.4. The van der Waals surface area contributed by atoms with Crippen LogP contribution in [0.3, 0.4) is 0 Å². The highest BCUT2D eigenvalue weighted by atomic mass is 32.2. The van der Waals surface area contributed by atoms with Gasteiger partial charge in [0.2, 0.25) is 0 Å². The van der Waals surface area contributed by atoms with E-state index in [9.17, 15) is 13.2 Å². The highest BCUT2D eigenvalue weighted by Gasteiger charge is 2.42. The fraction of sp³-hybridized carbons (Fsp3) is 0.0870. The number of nitrogens with zero attached hydrogens (tertiary/aromatic N) is 1. The van der Waals surface area contributed by atoms with E-state index in [-0.39, 0.29) is 16.3 Å². The Balaban J connectivity index is 1.99. The predicted molar refractivity (Wildman–Crippen MR) is 110 cm³/mol. The van der Waals surface area contributed by atoms with E-state index in [1.165, 1.54) is 4.31 Å². The number of hydrogen-bond acceptors (Lipinski definition) is 3. The summed E-state index contributed by atoms with van der Waals surface area (Å²) in [6.45, 7) is 5.87. The number of anilines is 1. The quantitative estimate of drug-likeness (QED) is 0.611. The van der Waals surface area contributed by atoms with Crippen LogP contribution in [-0.2, 0) is 10.0 Å². The summed E-state index contributed by atoms with van der Waals surface area (Å²) in [6.07, 6.45) is 0. The van der Waals surface area contributed by atoms with Crippen LogP contribution < -0.4 is 4.31 Å². The van der Waals surface area contributed by atoms with E-state index in [2.05, 4.69) is 6.58 Å². The van der Waals surface area contributed by atoms with Crippen molar-refractivity contribution >= 4 is 21.5 Å². The van der Waals surface area contributed by atoms with Crippen LogP contribution in [0.5, 0.6) is 0 Å². The molecule has 140 valence electrons. The van der Waals surface area contributed by atoms with Gasteiger partial charge in [-0.05, 0) is 36.8 Å². The van der Waals surface area contributed by atoms with Crippen molar-refractivity contribution in [2.75, 3.05) is 4.31 Å². The first kappa shape index (κ1) is 18.2. The molecule has 0 saturated heterocycles. The molecule has 3 aromatic rings. The molecule has 0 aliphatic carbocycles. The van der Waals surface area contributed by atoms with Gasteiger partial charge < -0.3 is 0 Å². The van der Waals surface area contributed by atoms with E-state index in [1.54, 1.807) is 48.5 Å². The Hall–Kier alpha value is -3.18. The number of rotatable bonds is 3. The first-order valence-corrected chi connectivity index (χ1v) is 10.3. The molecule has 1 aliphatic heterocycles. The molecule has 5 heteroatoms. The standard InChI is InChI=1S/C23H19NO3S/c1-16-12-14-19(15-13-16)28(26,27)24-21-11-7-6-10-20(21)23(25)17(2)22(24)18-8-4-3-5-9-18/h3-15,22H,2H2,1H3. The maximum Gasteiger partial charge on any atom is 0.265 e. The fourth-order valence-electron chi connectivity index (χ4n) is 3.50. The summed E-state index contributed by atoms with van der Waals surface area (Å²) in [5.74, 6) is -0.236. The van der Waals surface area contributed by atoms with Crippen LogP contribution in [0.15, 0.2) is 95.9 Å². The number of sulfonamides is 1. The van der Waals surface area contributed by atoms with Crippen molar-refractivity contribution in [2.45, 2.75) is 17.9 Å². The summed E-state index contributed by atoms with van der Waals surface area (Å²) in [5, 5.41) is 0. The summed E-state index contributed by atoms with van der Waals surface area (Å²) in [6, 6.07) is 21.8. The molecule has 0 amide bonds. The SMILES string of the molecule is C=C1C(=O)c2ccccc2N(S(=O)(=O)c2ccc(C)cc2)C1c1ccccc1. The van der Waals surface area contributed by atoms with Crippen LogP contribution in [0.4, 0.5) is 5.69 Å². The van der Waals surface area contributed by atoms with Crippen LogP contribution >= 0.6 is 0 Å². The molecular weight excluding hydrogens is 370 g/mol. The molecule has 3 aromatic carbocycles. The molecule has 0 bridgehead atoms. The number of carbonyl (C=O) groups excluding carboxylic acids is 1. The summed E-state index contributed by atoms with van der Waals surface area (Å²) >= 11 is 0. The molecule has 0 spiro atoms. The van der Waals surface area contributed by atoms with Gasteiger partial charge in [0, 0.05) is 11.1 Å². The number of Topliss-reactive ketones (excluding diaryl/α,β-unsaturated/α-hetero) is 1. The average Bonchev–Trinajstić information content (AvgIpc) is 2.71. The van der Waals surface area contributed by atoms with Crippen LogP contribution in [0.1, 0.15) is 27.5 Å². The van der Waals surface area contributed by atoms with Gasteiger partial charge in [0.25, 0.3) is 10.0 Å². The average molecular weight is 389 g/mol. The fourth-order valence-corrected chi connectivity index (χ4v) is 5.15. The zero-order valence-corrected chi connectivity index (χ0v) is 16.2. The Morgan fingerprint density at radius 1 is 0.857 bits per heavy atom. The lowest BCUT2D eigenvalue weighted by Crippen LogP contribution is -2.41. The van der Waals surface area contributed by atoms with Gasteiger partial charge in [0.1, 0.15) is 0 Å². The molecule has 0 fully saturated rings. The van der Waals surface area contributed by atoms with E-state index in [4.69, 9.17) is 0 Å². The van der Waals surface area contributed by atoms with Gasteiger partial charge in [-0.15, -0.1) is 0 Å². The molecule has 4 rings (SSSR count). The number of para-hydroxylation sites is 1. The lowest BCUT2D eigenvalue weighted by Gasteiger charge is -2.38. The van der Waals surface area contributed by atoms with Gasteiger partial charge in [0.15, 0.2) is 5.78 Å². The molecular formula is C23H19NO3S. The summed E-state index contributed by atoms with van der Waals surface area (Å²) in [4.78, 5) is 13.1. The maximum atomic E-state index is 13.7. The molecule has 0 aromatic heterocycles. The third-order valence-electron chi connectivity index (χ3n) is 4.94. The molecule has 28 heavy (non-hydrogen) atoms. The minimum atomic E-state index is -3.93. The van der Waals surface area contributed by atoms with Crippen LogP contribution in [0.2, 0.25) is 0 Å². The minimum Gasteiger partial charge on any atom is -0.289 e. The second-order valence-electron chi connectivity index (χ2n) is 6.80. The molecule has 1 heterocycles. The van der Waals surface area contributed by atoms with Gasteiger partial charge in [-0.1, -0.05) is 66.7 Å². The number of benzene rings is 3. The second-order valence-corrected chi connectivity index (χ2v) is 8.61. The van der Waals surface area contributed by atoms with E-state index in [1.807, 2.05) is 37.3 Å². The van der Waals surface area contributed by atoms with Gasteiger partial charge >= 0.3 is 0 Å². The lowest BCUT2D eigenvalue weighted by atomic mass is 9.88. The number of ketones is 1. The molecule has 1 aliphatic rings. The zero-order chi connectivity index (χ0) is 19.9. The lowest BCUT2D eigenvalue weighted by molar-refractivity contribution is 0.102. The largest absolute Gasteiger partial charge is 0.289 e. The van der Waals surface area contributed by atoms with E-state index < -0.39 is 16.1 Å². The van der Waals surface area contributed by atoms with Gasteiger partial charge in [-0.2, -0.15) is 0 Å². The van der Waals surface area contributed by atoms with Crippen LogP contribution in [0.25, 0.3) is 0 Å². The molecule has 0 radical (unpaired) electrons. The Bertz CT molecular complexity index is 1170. The number of fused-ring (bicyclic) bond motifs is 1. The second kappa shape index (κ2) is 6.77. The smallest absolute Gasteiger partial charge is 0.265 e. The van der Waals surface area contributed by atoms with E-state index in [0.29, 0.717) is 16.8 Å². The molecule has 1 atom stereocenters. The van der Waals surface area contributed by atoms with E-state index >= 15 is 0 Å². The summed E-state index contributed by atoms with van der Waals surface area (Å²) in [5.41, 5.74) is 2.62. The maximum absolute atomic E-state index is 13.7. The van der Waals surface area contributed by atoms with Crippen molar-refractivity contribution < 1.29 is 13.2 Å². The van der Waals surface area contributed by atoms with Gasteiger partial charge in [-0.25, -0.2) is 8.42 Å². The molecule has 0 saturated carbocycles. The monoisotopic (exact) mass is 389 g/mol. The molecule has 0 N–H and O–H groups in total. The summed E-state index contributed by atoms with van der Waals surface area (Å²) < 4.78 is 28.7. The number of aryl methyl sites for hydroxylation is 1. The van der Waals surface area contributed by atoms with Crippen LogP contribution in [-0.4, -0.2) is 14.2 Å². The third-order valence-corrected chi connectivity index (χ3v) is 6.73. The van der Waals surface area contributed by atoms with Crippen molar-refractivity contribution in [1.29, 1.82) is 0 Å². The number of carbonyl (C=O) groups is 1. The molecule has 1 unspecified atom stereocenters. The third kappa shape index (κ3) is 2.84. The molecule has 4 nitrogen and oxygen atoms in total. The predicted octanol–water partition coefficient (Wildman–Crippen LogP) is 4.68. The zero-order valence-electron chi connectivity index (χ0n) is 15.4. The Morgan fingerprint density at radius 3 is 2.14 bits per heavy atom.